The summed E-state index contributed by atoms with van der Waals surface area (Å²) in [6.07, 6.45) is 1.63. The van der Waals surface area contributed by atoms with Gasteiger partial charge in [-0.15, -0.1) is 11.8 Å². The maximum atomic E-state index is 12.0. The zero-order valence-electron chi connectivity index (χ0n) is 17.9. The van der Waals surface area contributed by atoms with E-state index in [0.29, 0.717) is 12.4 Å². The summed E-state index contributed by atoms with van der Waals surface area (Å²) in [6, 6.07) is 30.2. The van der Waals surface area contributed by atoms with E-state index in [-0.39, 0.29) is 5.91 Å². The van der Waals surface area contributed by atoms with E-state index >= 15 is 0 Å². The lowest BCUT2D eigenvalue weighted by Gasteiger charge is -2.09. The Balaban J connectivity index is 1.22. The van der Waals surface area contributed by atoms with E-state index in [1.165, 1.54) is 16.3 Å². The first-order valence-electron chi connectivity index (χ1n) is 10.5. The molecule has 0 saturated heterocycles. The first kappa shape index (κ1) is 23.1. The molecule has 0 aromatic heterocycles. The zero-order chi connectivity index (χ0) is 22.9. The predicted octanol–water partition coefficient (Wildman–Crippen LogP) is 6.56. The van der Waals surface area contributed by atoms with Gasteiger partial charge in [-0.25, -0.2) is 5.43 Å². The molecule has 0 fully saturated rings. The van der Waals surface area contributed by atoms with Crippen molar-refractivity contribution in [1.29, 1.82) is 0 Å². The van der Waals surface area contributed by atoms with E-state index in [9.17, 15) is 4.79 Å². The summed E-state index contributed by atoms with van der Waals surface area (Å²) in [5, 5.41) is 6.46. The lowest BCUT2D eigenvalue weighted by Crippen LogP contribution is -2.19. The van der Waals surface area contributed by atoms with Crippen molar-refractivity contribution in [2.45, 2.75) is 12.4 Å². The quantitative estimate of drug-likeness (QED) is 0.201. The average molecular weight is 519 g/mol. The number of benzene rings is 4. The molecule has 1 amide bonds. The number of hydrazone groups is 1. The van der Waals surface area contributed by atoms with Crippen molar-refractivity contribution in [3.05, 3.63) is 112 Å². The number of amides is 1. The second-order valence-electron chi connectivity index (χ2n) is 7.37. The molecule has 0 heterocycles. The minimum atomic E-state index is -0.127. The van der Waals surface area contributed by atoms with E-state index in [0.717, 1.165) is 27.1 Å². The number of hydrogen-bond donors (Lipinski definition) is 1. The molecule has 0 atom stereocenters. The predicted molar refractivity (Wildman–Crippen MR) is 141 cm³/mol. The molecular weight excluding hydrogens is 496 g/mol. The van der Waals surface area contributed by atoms with Gasteiger partial charge in [-0.05, 0) is 57.8 Å². The summed E-state index contributed by atoms with van der Waals surface area (Å²) in [4.78, 5) is 12.0. The third-order valence-corrected chi connectivity index (χ3v) is 6.76. The van der Waals surface area contributed by atoms with E-state index in [1.54, 1.807) is 18.0 Å². The SMILES string of the molecule is O=C(CSCc1ccccc1Br)N/N=C/c1ccc(OCc2cccc3ccccc23)cc1. The number of carbonyl (C=O) groups is 1. The number of hydrogen-bond acceptors (Lipinski definition) is 4. The molecule has 1 N–H and O–H groups in total. The number of nitrogens with one attached hydrogen (secondary N) is 1. The van der Waals surface area contributed by atoms with Crippen LogP contribution in [0.5, 0.6) is 5.75 Å². The molecule has 0 aliphatic heterocycles. The Morgan fingerprint density at radius 2 is 1.64 bits per heavy atom. The average Bonchev–Trinajstić information content (AvgIpc) is 2.85. The highest BCUT2D eigenvalue weighted by Gasteiger charge is 2.04. The van der Waals surface area contributed by atoms with Gasteiger partial charge in [-0.3, -0.25) is 4.79 Å². The Morgan fingerprint density at radius 1 is 0.909 bits per heavy atom. The standard InChI is InChI=1S/C27H23BrN2O2S/c28-26-11-4-2-7-23(26)18-33-19-27(31)30-29-16-20-12-14-24(15-13-20)32-17-22-9-5-8-21-6-1-3-10-25(21)22/h1-16H,17-19H2,(H,30,31)/b29-16+. The van der Waals surface area contributed by atoms with Crippen LogP contribution in [0.4, 0.5) is 0 Å². The van der Waals surface area contributed by atoms with Gasteiger partial charge in [0, 0.05) is 10.2 Å². The van der Waals surface area contributed by atoms with Crippen LogP contribution in [0.2, 0.25) is 0 Å². The van der Waals surface area contributed by atoms with Crippen LogP contribution in [0.15, 0.2) is 101 Å². The number of rotatable bonds is 9. The van der Waals surface area contributed by atoms with Crippen LogP contribution in [0.25, 0.3) is 10.8 Å². The van der Waals surface area contributed by atoms with E-state index in [1.807, 2.05) is 66.7 Å². The first-order valence-corrected chi connectivity index (χ1v) is 12.5. The maximum absolute atomic E-state index is 12.0. The molecule has 6 heteroatoms. The van der Waals surface area contributed by atoms with E-state index in [2.05, 4.69) is 50.7 Å². The fraction of sp³-hybridized carbons (Fsp3) is 0.111. The molecule has 33 heavy (non-hydrogen) atoms. The first-order chi connectivity index (χ1) is 16.2. The van der Waals surface area contributed by atoms with Gasteiger partial charge in [0.2, 0.25) is 5.91 Å². The minimum Gasteiger partial charge on any atom is -0.489 e. The molecule has 0 aliphatic rings. The molecule has 4 nitrogen and oxygen atoms in total. The second-order valence-corrected chi connectivity index (χ2v) is 9.21. The van der Waals surface area contributed by atoms with Crippen LogP contribution < -0.4 is 10.2 Å². The van der Waals surface area contributed by atoms with Crippen LogP contribution in [0.3, 0.4) is 0 Å². The van der Waals surface area contributed by atoms with Crippen molar-refractivity contribution in [3.63, 3.8) is 0 Å². The Labute approximate surface area is 206 Å². The third-order valence-electron chi connectivity index (χ3n) is 5.01. The Hall–Kier alpha value is -3.09. The summed E-state index contributed by atoms with van der Waals surface area (Å²) in [5.74, 6) is 1.77. The van der Waals surface area contributed by atoms with Crippen LogP contribution >= 0.6 is 27.7 Å². The summed E-state index contributed by atoms with van der Waals surface area (Å²) in [6.45, 7) is 0.502. The molecule has 0 unspecified atom stereocenters. The number of thioether (sulfide) groups is 1. The van der Waals surface area contributed by atoms with Gasteiger partial charge in [0.05, 0.1) is 12.0 Å². The second kappa shape index (κ2) is 11.7. The summed E-state index contributed by atoms with van der Waals surface area (Å²) >= 11 is 5.07. The van der Waals surface area contributed by atoms with Crippen molar-refractivity contribution >= 4 is 50.6 Å². The van der Waals surface area contributed by atoms with Crippen molar-refractivity contribution in [1.82, 2.24) is 5.43 Å². The Morgan fingerprint density at radius 3 is 2.48 bits per heavy atom. The molecule has 0 spiro atoms. The lowest BCUT2D eigenvalue weighted by atomic mass is 10.1. The highest BCUT2D eigenvalue weighted by molar-refractivity contribution is 9.10. The van der Waals surface area contributed by atoms with Crippen LogP contribution in [0, 0.1) is 0 Å². The lowest BCUT2D eigenvalue weighted by molar-refractivity contribution is -0.118. The normalized spacial score (nSPS) is 11.1. The third kappa shape index (κ3) is 6.70. The largest absolute Gasteiger partial charge is 0.489 e. The molecular formula is C27H23BrN2O2S. The van der Waals surface area contributed by atoms with Gasteiger partial charge in [0.1, 0.15) is 12.4 Å². The minimum absolute atomic E-state index is 0.127. The molecule has 4 aromatic rings. The van der Waals surface area contributed by atoms with Gasteiger partial charge >= 0.3 is 0 Å². The van der Waals surface area contributed by atoms with Gasteiger partial charge in [0.15, 0.2) is 0 Å². The highest BCUT2D eigenvalue weighted by atomic mass is 79.9. The van der Waals surface area contributed by atoms with E-state index < -0.39 is 0 Å². The number of nitrogens with zero attached hydrogens (tertiary/aromatic N) is 1. The summed E-state index contributed by atoms with van der Waals surface area (Å²) in [5.41, 5.74) is 5.78. The summed E-state index contributed by atoms with van der Waals surface area (Å²) in [7, 11) is 0. The molecule has 4 rings (SSSR count). The van der Waals surface area contributed by atoms with Crippen molar-refractivity contribution in [2.75, 3.05) is 5.75 Å². The van der Waals surface area contributed by atoms with Crippen LogP contribution in [0.1, 0.15) is 16.7 Å². The van der Waals surface area contributed by atoms with Crippen LogP contribution in [-0.4, -0.2) is 17.9 Å². The molecule has 0 aliphatic carbocycles. The zero-order valence-corrected chi connectivity index (χ0v) is 20.3. The Bertz CT molecular complexity index is 1250. The molecule has 0 radical (unpaired) electrons. The van der Waals surface area contributed by atoms with E-state index in [4.69, 9.17) is 4.74 Å². The smallest absolute Gasteiger partial charge is 0.250 e. The molecule has 4 aromatic carbocycles. The van der Waals surface area contributed by atoms with Gasteiger partial charge in [-0.2, -0.15) is 5.10 Å². The van der Waals surface area contributed by atoms with Gasteiger partial charge in [0.25, 0.3) is 0 Å². The van der Waals surface area contributed by atoms with Gasteiger partial charge in [-0.1, -0.05) is 76.6 Å². The fourth-order valence-electron chi connectivity index (χ4n) is 3.31. The highest BCUT2D eigenvalue weighted by Crippen LogP contribution is 2.22. The van der Waals surface area contributed by atoms with Crippen molar-refractivity contribution in [2.24, 2.45) is 5.10 Å². The molecule has 0 bridgehead atoms. The summed E-state index contributed by atoms with van der Waals surface area (Å²) < 4.78 is 7.02. The number of carbonyl (C=O) groups excluding carboxylic acids is 1. The van der Waals surface area contributed by atoms with Crippen LogP contribution in [-0.2, 0) is 17.2 Å². The van der Waals surface area contributed by atoms with Crippen molar-refractivity contribution in [3.8, 4) is 5.75 Å². The molecule has 166 valence electrons. The fourth-order valence-corrected chi connectivity index (χ4v) is 4.74. The monoisotopic (exact) mass is 518 g/mol. The number of ether oxygens (including phenoxy) is 1. The van der Waals surface area contributed by atoms with Gasteiger partial charge < -0.3 is 4.74 Å². The van der Waals surface area contributed by atoms with Crippen molar-refractivity contribution < 1.29 is 9.53 Å². The topological polar surface area (TPSA) is 50.7 Å². The molecule has 0 saturated carbocycles. The maximum Gasteiger partial charge on any atom is 0.250 e. The number of fused-ring (bicyclic) bond motifs is 1. The number of halogens is 1. The Kier molecular flexibility index (Phi) is 8.17.